The first-order valence-corrected chi connectivity index (χ1v) is 6.73. The lowest BCUT2D eigenvalue weighted by Crippen LogP contribution is -2.35. The fraction of sp³-hybridized carbons (Fsp3) is 0.786. The molecular weight excluding hydrogens is 228 g/mol. The number of amides is 1. The number of hydrogen-bond donors (Lipinski definition) is 1. The number of piperidine rings is 1. The molecule has 0 spiro atoms. The number of nitrogens with zero attached hydrogens (tertiary/aromatic N) is 1. The number of ether oxygens (including phenoxy) is 1. The minimum absolute atomic E-state index is 0.393. The molecule has 0 bridgehead atoms. The number of rotatable bonds is 3. The molecule has 1 fully saturated rings. The van der Waals surface area contributed by atoms with Gasteiger partial charge in [0, 0.05) is 12.2 Å². The molecule has 1 aliphatic heterocycles. The molecule has 1 rings (SSSR count). The zero-order valence-electron chi connectivity index (χ0n) is 12.0. The van der Waals surface area contributed by atoms with E-state index in [0.717, 1.165) is 6.42 Å². The SMILES string of the molecule is CN1CCCCC1CC=CNC(=O)OC(C)(C)C. The number of hydrogen-bond acceptors (Lipinski definition) is 3. The predicted molar refractivity (Wildman–Crippen MR) is 73.4 cm³/mol. The van der Waals surface area contributed by atoms with Crippen molar-refractivity contribution in [2.45, 2.75) is 58.1 Å². The van der Waals surface area contributed by atoms with E-state index in [4.69, 9.17) is 4.74 Å². The number of nitrogens with one attached hydrogen (secondary N) is 1. The van der Waals surface area contributed by atoms with Crippen molar-refractivity contribution in [1.29, 1.82) is 0 Å². The van der Waals surface area contributed by atoms with Crippen LogP contribution in [0, 0.1) is 0 Å². The normalized spacial score (nSPS) is 22.1. The molecule has 0 radical (unpaired) electrons. The first-order valence-electron chi connectivity index (χ1n) is 6.73. The van der Waals surface area contributed by atoms with Gasteiger partial charge in [-0.3, -0.25) is 5.32 Å². The van der Waals surface area contributed by atoms with Crippen LogP contribution in [0.15, 0.2) is 12.3 Å². The number of carbonyl (C=O) groups excluding carboxylic acids is 1. The quantitative estimate of drug-likeness (QED) is 0.842. The summed E-state index contributed by atoms with van der Waals surface area (Å²) in [6.45, 7) is 6.74. The van der Waals surface area contributed by atoms with Crippen LogP contribution in [-0.2, 0) is 4.74 Å². The van der Waals surface area contributed by atoms with Crippen LogP contribution in [0.3, 0.4) is 0 Å². The fourth-order valence-corrected chi connectivity index (χ4v) is 2.10. The summed E-state index contributed by atoms with van der Waals surface area (Å²) in [7, 11) is 2.17. The van der Waals surface area contributed by atoms with Crippen molar-refractivity contribution in [2.24, 2.45) is 0 Å². The van der Waals surface area contributed by atoms with Crippen LogP contribution in [0.1, 0.15) is 46.5 Å². The highest BCUT2D eigenvalue weighted by Crippen LogP contribution is 2.17. The Kier molecular flexibility index (Phi) is 5.66. The lowest BCUT2D eigenvalue weighted by atomic mass is 10.0. The molecule has 4 heteroatoms. The molecule has 1 N–H and O–H groups in total. The molecule has 0 saturated carbocycles. The highest BCUT2D eigenvalue weighted by atomic mass is 16.6. The van der Waals surface area contributed by atoms with Crippen molar-refractivity contribution in [1.82, 2.24) is 10.2 Å². The Hall–Kier alpha value is -1.03. The third kappa shape index (κ3) is 6.05. The van der Waals surface area contributed by atoms with Gasteiger partial charge in [-0.15, -0.1) is 0 Å². The van der Waals surface area contributed by atoms with Gasteiger partial charge in [0.25, 0.3) is 0 Å². The lowest BCUT2D eigenvalue weighted by Gasteiger charge is -2.31. The van der Waals surface area contributed by atoms with E-state index in [1.165, 1.54) is 25.8 Å². The zero-order valence-corrected chi connectivity index (χ0v) is 12.0. The van der Waals surface area contributed by atoms with E-state index in [1.54, 1.807) is 6.20 Å². The van der Waals surface area contributed by atoms with Crippen molar-refractivity contribution in [3.05, 3.63) is 12.3 Å². The van der Waals surface area contributed by atoms with Gasteiger partial charge in [-0.2, -0.15) is 0 Å². The fourth-order valence-electron chi connectivity index (χ4n) is 2.10. The van der Waals surface area contributed by atoms with Crippen molar-refractivity contribution in [2.75, 3.05) is 13.6 Å². The summed E-state index contributed by atoms with van der Waals surface area (Å²) in [5.41, 5.74) is -0.443. The minimum atomic E-state index is -0.443. The summed E-state index contributed by atoms with van der Waals surface area (Å²) in [4.78, 5) is 13.8. The average molecular weight is 254 g/mol. The molecule has 0 aromatic rings. The molecule has 104 valence electrons. The molecular formula is C14H26N2O2. The van der Waals surface area contributed by atoms with Crippen molar-refractivity contribution in [3.8, 4) is 0 Å². The van der Waals surface area contributed by atoms with E-state index in [0.29, 0.717) is 6.04 Å². The van der Waals surface area contributed by atoms with Crippen LogP contribution in [0.5, 0.6) is 0 Å². The van der Waals surface area contributed by atoms with Crippen LogP contribution >= 0.6 is 0 Å². The molecule has 1 aliphatic rings. The third-order valence-electron chi connectivity index (χ3n) is 3.05. The lowest BCUT2D eigenvalue weighted by molar-refractivity contribution is 0.0552. The Balaban J connectivity index is 2.22. The summed E-state index contributed by atoms with van der Waals surface area (Å²) < 4.78 is 5.14. The van der Waals surface area contributed by atoms with Gasteiger partial charge < -0.3 is 9.64 Å². The number of alkyl carbamates (subject to hydrolysis) is 1. The molecule has 1 amide bonds. The molecule has 1 unspecified atom stereocenters. The van der Waals surface area contributed by atoms with E-state index in [2.05, 4.69) is 17.3 Å². The average Bonchev–Trinajstić information content (AvgIpc) is 2.24. The summed E-state index contributed by atoms with van der Waals surface area (Å²) >= 11 is 0. The minimum Gasteiger partial charge on any atom is -0.444 e. The van der Waals surface area contributed by atoms with Gasteiger partial charge in [0.05, 0.1) is 0 Å². The molecule has 1 heterocycles. The Bertz CT molecular complexity index is 295. The summed E-state index contributed by atoms with van der Waals surface area (Å²) in [6, 6.07) is 0.607. The van der Waals surface area contributed by atoms with Crippen LogP contribution < -0.4 is 5.32 Å². The maximum Gasteiger partial charge on any atom is 0.411 e. The van der Waals surface area contributed by atoms with Gasteiger partial charge in [-0.05, 0) is 53.6 Å². The topological polar surface area (TPSA) is 41.6 Å². The van der Waals surface area contributed by atoms with Gasteiger partial charge in [0.15, 0.2) is 0 Å². The van der Waals surface area contributed by atoms with Gasteiger partial charge in [0.1, 0.15) is 5.60 Å². The van der Waals surface area contributed by atoms with Gasteiger partial charge in [0.2, 0.25) is 0 Å². The summed E-state index contributed by atoms with van der Waals surface area (Å²) in [6.07, 6.45) is 8.14. The highest BCUT2D eigenvalue weighted by Gasteiger charge is 2.17. The molecule has 0 aromatic heterocycles. The van der Waals surface area contributed by atoms with Gasteiger partial charge in [-0.1, -0.05) is 12.5 Å². The predicted octanol–water partition coefficient (Wildman–Crippen LogP) is 2.90. The molecule has 1 atom stereocenters. The maximum absolute atomic E-state index is 11.4. The molecule has 4 nitrogen and oxygen atoms in total. The smallest absolute Gasteiger partial charge is 0.411 e. The first kappa shape index (κ1) is 15.0. The highest BCUT2D eigenvalue weighted by molar-refractivity contribution is 5.68. The van der Waals surface area contributed by atoms with E-state index in [9.17, 15) is 4.79 Å². The second-order valence-electron chi connectivity index (χ2n) is 5.91. The molecule has 1 saturated heterocycles. The Morgan fingerprint density at radius 2 is 2.17 bits per heavy atom. The summed E-state index contributed by atoms with van der Waals surface area (Å²) in [5.74, 6) is 0. The second kappa shape index (κ2) is 6.78. The molecule has 0 aromatic carbocycles. The van der Waals surface area contributed by atoms with E-state index in [-0.39, 0.29) is 0 Å². The van der Waals surface area contributed by atoms with E-state index >= 15 is 0 Å². The number of carbonyl (C=O) groups is 1. The standard InChI is InChI=1S/C14H26N2O2/c1-14(2,3)18-13(17)15-10-7-9-12-8-5-6-11-16(12)4/h7,10,12H,5-6,8-9,11H2,1-4H3,(H,15,17). The third-order valence-corrected chi connectivity index (χ3v) is 3.05. The largest absolute Gasteiger partial charge is 0.444 e. The Labute approximate surface area is 110 Å². The van der Waals surface area contributed by atoms with Crippen molar-refractivity contribution in [3.63, 3.8) is 0 Å². The molecule has 0 aliphatic carbocycles. The van der Waals surface area contributed by atoms with Crippen molar-refractivity contribution >= 4 is 6.09 Å². The van der Waals surface area contributed by atoms with E-state index < -0.39 is 11.7 Å². The zero-order chi connectivity index (χ0) is 13.6. The van der Waals surface area contributed by atoms with E-state index in [1.807, 2.05) is 26.8 Å². The second-order valence-corrected chi connectivity index (χ2v) is 5.91. The van der Waals surface area contributed by atoms with Crippen LogP contribution in [-0.4, -0.2) is 36.2 Å². The van der Waals surface area contributed by atoms with Gasteiger partial charge in [-0.25, -0.2) is 4.79 Å². The van der Waals surface area contributed by atoms with Crippen LogP contribution in [0.4, 0.5) is 4.79 Å². The Morgan fingerprint density at radius 3 is 2.78 bits per heavy atom. The first-order chi connectivity index (χ1) is 8.38. The maximum atomic E-state index is 11.4. The number of likely N-dealkylation sites (tertiary alicyclic amines) is 1. The van der Waals surface area contributed by atoms with Crippen LogP contribution in [0.25, 0.3) is 0 Å². The Morgan fingerprint density at radius 1 is 1.44 bits per heavy atom. The monoisotopic (exact) mass is 254 g/mol. The summed E-state index contributed by atoms with van der Waals surface area (Å²) in [5, 5.41) is 2.63. The van der Waals surface area contributed by atoms with Crippen LogP contribution in [0.2, 0.25) is 0 Å². The van der Waals surface area contributed by atoms with Crippen molar-refractivity contribution < 1.29 is 9.53 Å². The van der Waals surface area contributed by atoms with Gasteiger partial charge >= 0.3 is 6.09 Å². The molecule has 18 heavy (non-hydrogen) atoms.